The number of benzene rings is 1. The van der Waals surface area contributed by atoms with Crippen LogP contribution in [-0.2, 0) is 4.79 Å². The summed E-state index contributed by atoms with van der Waals surface area (Å²) < 4.78 is 6.02. The van der Waals surface area contributed by atoms with E-state index in [0.29, 0.717) is 19.2 Å². The number of amides is 3. The Labute approximate surface area is 154 Å². The Balaban J connectivity index is 1.41. The van der Waals surface area contributed by atoms with Gasteiger partial charge in [0.2, 0.25) is 5.91 Å². The summed E-state index contributed by atoms with van der Waals surface area (Å²) in [7, 11) is 1.85. The maximum atomic E-state index is 12.8. The van der Waals surface area contributed by atoms with Gasteiger partial charge in [-0.05, 0) is 50.7 Å². The molecule has 26 heavy (non-hydrogen) atoms. The average molecular weight is 357 g/mol. The lowest BCUT2D eigenvalue weighted by molar-refractivity contribution is -0.138. The number of carbonyl (C=O) groups excluding carboxylic acids is 2. The zero-order valence-electron chi connectivity index (χ0n) is 15.3. The van der Waals surface area contributed by atoms with Crippen molar-refractivity contribution in [3.8, 4) is 5.75 Å². The van der Waals surface area contributed by atoms with Gasteiger partial charge in [0, 0.05) is 37.9 Å². The fourth-order valence-corrected chi connectivity index (χ4v) is 4.37. The monoisotopic (exact) mass is 357 g/mol. The third kappa shape index (κ3) is 3.50. The first-order chi connectivity index (χ1) is 12.6. The fourth-order valence-electron chi connectivity index (χ4n) is 4.37. The van der Waals surface area contributed by atoms with E-state index < -0.39 is 0 Å². The maximum Gasteiger partial charge on any atom is 0.321 e. The summed E-state index contributed by atoms with van der Waals surface area (Å²) in [6.07, 6.45) is 6.81. The predicted octanol–water partition coefficient (Wildman–Crippen LogP) is 3.09. The number of carbonyl (C=O) groups is 2. The lowest BCUT2D eigenvalue weighted by Gasteiger charge is -2.32. The molecule has 1 saturated carbocycles. The molecule has 1 aromatic carbocycles. The van der Waals surface area contributed by atoms with Crippen molar-refractivity contribution in [3.63, 3.8) is 0 Å². The van der Waals surface area contributed by atoms with E-state index in [9.17, 15) is 9.59 Å². The van der Waals surface area contributed by atoms with Crippen LogP contribution in [0.5, 0.6) is 5.75 Å². The quantitative estimate of drug-likeness (QED) is 0.904. The molecular weight excluding hydrogens is 330 g/mol. The smallest absolute Gasteiger partial charge is 0.321 e. The van der Waals surface area contributed by atoms with Gasteiger partial charge in [0.1, 0.15) is 5.75 Å². The van der Waals surface area contributed by atoms with Crippen molar-refractivity contribution in [2.45, 2.75) is 50.7 Å². The molecule has 0 radical (unpaired) electrons. The highest BCUT2D eigenvalue weighted by molar-refractivity contribution is 5.90. The maximum absolute atomic E-state index is 12.8. The van der Waals surface area contributed by atoms with Gasteiger partial charge in [-0.3, -0.25) is 4.79 Å². The second kappa shape index (κ2) is 7.17. The number of hydrogen-bond donors (Lipinski definition) is 1. The number of rotatable bonds is 3. The van der Waals surface area contributed by atoms with Crippen molar-refractivity contribution in [2.75, 3.05) is 25.5 Å². The zero-order chi connectivity index (χ0) is 18.1. The Morgan fingerprint density at radius 2 is 1.96 bits per heavy atom. The Hall–Kier alpha value is -2.24. The molecule has 0 spiro atoms. The Morgan fingerprint density at radius 1 is 1.15 bits per heavy atom. The normalized spacial score (nSPS) is 26.1. The highest BCUT2D eigenvalue weighted by Gasteiger charge is 2.40. The lowest BCUT2D eigenvalue weighted by atomic mass is 9.95. The molecule has 5 rings (SSSR count). The van der Waals surface area contributed by atoms with Crippen LogP contribution < -0.4 is 10.1 Å². The number of nitrogens with zero attached hydrogens (tertiary/aromatic N) is 2. The molecule has 1 aliphatic carbocycles. The van der Waals surface area contributed by atoms with E-state index in [4.69, 9.17) is 4.74 Å². The van der Waals surface area contributed by atoms with Crippen molar-refractivity contribution in [2.24, 2.45) is 5.92 Å². The Morgan fingerprint density at radius 3 is 2.77 bits per heavy atom. The van der Waals surface area contributed by atoms with Gasteiger partial charge in [-0.25, -0.2) is 4.79 Å². The van der Waals surface area contributed by atoms with Crippen molar-refractivity contribution >= 4 is 17.6 Å². The van der Waals surface area contributed by atoms with E-state index in [1.807, 2.05) is 36.2 Å². The molecule has 1 N–H and O–H groups in total. The molecule has 6 nitrogen and oxygen atoms in total. The van der Waals surface area contributed by atoms with Crippen LogP contribution in [0.1, 0.15) is 38.5 Å². The SMILES string of the molecule is CN1C(=O)[C@@H]2CC[C@H]1CN(C(=O)Nc1cccc(OC3CCCC3)c1)C2. The first-order valence-corrected chi connectivity index (χ1v) is 9.69. The van der Waals surface area contributed by atoms with Crippen LogP contribution in [0.25, 0.3) is 0 Å². The third-order valence-corrected chi connectivity index (χ3v) is 5.94. The van der Waals surface area contributed by atoms with Crippen LogP contribution in [0.4, 0.5) is 10.5 Å². The van der Waals surface area contributed by atoms with E-state index >= 15 is 0 Å². The topological polar surface area (TPSA) is 61.9 Å². The molecule has 0 unspecified atom stereocenters. The largest absolute Gasteiger partial charge is 0.490 e. The number of likely N-dealkylation sites (N-methyl/N-ethyl adjacent to an activating group) is 1. The molecule has 1 aromatic rings. The van der Waals surface area contributed by atoms with E-state index in [2.05, 4.69) is 5.32 Å². The summed E-state index contributed by atoms with van der Waals surface area (Å²) in [5, 5.41) is 2.98. The summed E-state index contributed by atoms with van der Waals surface area (Å²) in [6.45, 7) is 1.10. The first-order valence-electron chi connectivity index (χ1n) is 9.69. The van der Waals surface area contributed by atoms with Gasteiger partial charge in [0.05, 0.1) is 12.0 Å². The molecule has 3 saturated heterocycles. The molecule has 2 bridgehead atoms. The van der Waals surface area contributed by atoms with E-state index in [-0.39, 0.29) is 23.9 Å². The standard InChI is InChI=1S/C20H27N3O3/c1-22-16-10-9-14(19(22)24)12-23(13-16)20(25)21-15-5-4-8-18(11-15)26-17-6-2-3-7-17/h4-5,8,11,14,16-17H,2-3,6-7,9-10,12-13H2,1H3,(H,21,25)/t14-,16+/m1/s1. The van der Waals surface area contributed by atoms with Crippen LogP contribution in [0.15, 0.2) is 24.3 Å². The molecular formula is C20H27N3O3. The van der Waals surface area contributed by atoms with Gasteiger partial charge in [-0.1, -0.05) is 6.07 Å². The third-order valence-electron chi connectivity index (χ3n) is 5.94. The number of fused-ring (bicyclic) bond motifs is 4. The van der Waals surface area contributed by atoms with Gasteiger partial charge >= 0.3 is 6.03 Å². The van der Waals surface area contributed by atoms with Crippen molar-refractivity contribution in [1.29, 1.82) is 0 Å². The first kappa shape index (κ1) is 17.2. The van der Waals surface area contributed by atoms with E-state index in [1.165, 1.54) is 12.8 Å². The summed E-state index contributed by atoms with van der Waals surface area (Å²) in [5.74, 6) is 0.908. The van der Waals surface area contributed by atoms with Gasteiger partial charge in [0.15, 0.2) is 0 Å². The summed E-state index contributed by atoms with van der Waals surface area (Å²) in [4.78, 5) is 28.6. The number of urea groups is 1. The highest BCUT2D eigenvalue weighted by Crippen LogP contribution is 2.29. The van der Waals surface area contributed by atoms with Crippen LogP contribution in [0.2, 0.25) is 0 Å². The number of piperidine rings is 1. The summed E-state index contributed by atoms with van der Waals surface area (Å²) >= 11 is 0. The van der Waals surface area contributed by atoms with Crippen LogP contribution in [-0.4, -0.2) is 54.0 Å². The second-order valence-electron chi connectivity index (χ2n) is 7.76. The van der Waals surface area contributed by atoms with Crippen LogP contribution >= 0.6 is 0 Å². The number of anilines is 1. The molecule has 3 aliphatic heterocycles. The van der Waals surface area contributed by atoms with Gasteiger partial charge < -0.3 is 19.9 Å². The average Bonchev–Trinajstić information content (AvgIpc) is 2.99. The van der Waals surface area contributed by atoms with Gasteiger partial charge in [0.25, 0.3) is 0 Å². The number of nitrogens with one attached hydrogen (secondary N) is 1. The second-order valence-corrected chi connectivity index (χ2v) is 7.76. The molecule has 2 atom stereocenters. The molecule has 4 aliphatic rings. The van der Waals surface area contributed by atoms with Crippen LogP contribution in [0.3, 0.4) is 0 Å². The van der Waals surface area contributed by atoms with Crippen molar-refractivity contribution in [1.82, 2.24) is 9.80 Å². The van der Waals surface area contributed by atoms with Crippen molar-refractivity contribution < 1.29 is 14.3 Å². The van der Waals surface area contributed by atoms with Gasteiger partial charge in [-0.2, -0.15) is 0 Å². The highest BCUT2D eigenvalue weighted by atomic mass is 16.5. The van der Waals surface area contributed by atoms with Crippen LogP contribution in [0, 0.1) is 5.92 Å². The minimum Gasteiger partial charge on any atom is -0.490 e. The molecule has 3 amide bonds. The minimum atomic E-state index is -0.136. The molecule has 4 fully saturated rings. The minimum absolute atomic E-state index is 0.0680. The van der Waals surface area contributed by atoms with E-state index in [1.54, 1.807) is 4.90 Å². The van der Waals surface area contributed by atoms with Crippen molar-refractivity contribution in [3.05, 3.63) is 24.3 Å². The van der Waals surface area contributed by atoms with E-state index in [0.717, 1.165) is 37.1 Å². The molecule has 3 heterocycles. The number of hydrogen-bond acceptors (Lipinski definition) is 3. The molecule has 0 aromatic heterocycles. The fraction of sp³-hybridized carbons (Fsp3) is 0.600. The summed E-state index contributed by atoms with van der Waals surface area (Å²) in [5.41, 5.74) is 0.738. The zero-order valence-corrected chi connectivity index (χ0v) is 15.3. The van der Waals surface area contributed by atoms with Gasteiger partial charge in [-0.15, -0.1) is 0 Å². The number of ether oxygens (including phenoxy) is 1. The molecule has 140 valence electrons. The Bertz CT molecular complexity index is 687. The lowest BCUT2D eigenvalue weighted by Crippen LogP contribution is -2.45. The molecule has 6 heteroatoms. The Kier molecular flexibility index (Phi) is 4.74. The predicted molar refractivity (Wildman–Crippen MR) is 99.2 cm³/mol. The summed E-state index contributed by atoms with van der Waals surface area (Å²) in [6, 6.07) is 7.60.